The maximum Gasteiger partial charge on any atom is 0.408 e. The highest BCUT2D eigenvalue weighted by atomic mass is 16.6. The predicted molar refractivity (Wildman–Crippen MR) is 75.6 cm³/mol. The molecule has 1 rings (SSSR count). The van der Waals surface area contributed by atoms with Crippen LogP contribution in [0.3, 0.4) is 0 Å². The lowest BCUT2D eigenvalue weighted by atomic mass is 9.98. The van der Waals surface area contributed by atoms with E-state index in [-0.39, 0.29) is 6.54 Å². The number of alkyl carbamates (subject to hydrolysis) is 1. The second-order valence-corrected chi connectivity index (χ2v) is 6.18. The van der Waals surface area contributed by atoms with E-state index >= 15 is 0 Å². The van der Waals surface area contributed by atoms with E-state index in [4.69, 9.17) is 9.47 Å². The number of amides is 2. The summed E-state index contributed by atoms with van der Waals surface area (Å²) in [4.78, 5) is 35.2. The molecule has 2 amide bonds. The van der Waals surface area contributed by atoms with Crippen molar-refractivity contribution in [2.24, 2.45) is 0 Å². The molecule has 0 heterocycles. The molecule has 0 aromatic rings. The molecule has 7 nitrogen and oxygen atoms in total. The number of nitrogens with one attached hydrogen (secondary N) is 2. The summed E-state index contributed by atoms with van der Waals surface area (Å²) in [6.07, 6.45) is 2.15. The molecule has 0 atom stereocenters. The second-order valence-electron chi connectivity index (χ2n) is 6.18. The Morgan fingerprint density at radius 2 is 1.71 bits per heavy atom. The number of ether oxygens (including phenoxy) is 2. The van der Waals surface area contributed by atoms with Crippen LogP contribution < -0.4 is 10.6 Å². The minimum Gasteiger partial charge on any atom is -0.467 e. The third kappa shape index (κ3) is 5.24. The SMILES string of the molecule is COC(=O)C1(NC(=O)CNC(=O)OC(C)(C)C)CCCC1. The van der Waals surface area contributed by atoms with Crippen molar-refractivity contribution in [3.63, 3.8) is 0 Å². The van der Waals surface area contributed by atoms with Crippen LogP contribution in [0.5, 0.6) is 0 Å². The zero-order chi connectivity index (χ0) is 16.1. The molecule has 7 heteroatoms. The quantitative estimate of drug-likeness (QED) is 0.759. The first-order chi connectivity index (χ1) is 9.68. The molecule has 120 valence electrons. The van der Waals surface area contributed by atoms with Gasteiger partial charge in [-0.15, -0.1) is 0 Å². The van der Waals surface area contributed by atoms with Crippen molar-refractivity contribution in [3.8, 4) is 0 Å². The number of methoxy groups -OCH3 is 1. The number of rotatable bonds is 4. The van der Waals surface area contributed by atoms with Gasteiger partial charge < -0.3 is 20.1 Å². The minimum absolute atomic E-state index is 0.242. The third-order valence-corrected chi connectivity index (χ3v) is 3.20. The fourth-order valence-electron chi connectivity index (χ4n) is 2.33. The van der Waals surface area contributed by atoms with Crippen molar-refractivity contribution in [2.45, 2.75) is 57.6 Å². The second kappa shape index (κ2) is 6.78. The summed E-state index contributed by atoms with van der Waals surface area (Å²) >= 11 is 0. The van der Waals surface area contributed by atoms with E-state index in [1.165, 1.54) is 7.11 Å². The van der Waals surface area contributed by atoms with Gasteiger partial charge in [0, 0.05) is 0 Å². The highest BCUT2D eigenvalue weighted by Crippen LogP contribution is 2.30. The van der Waals surface area contributed by atoms with E-state index in [1.54, 1.807) is 20.8 Å². The van der Waals surface area contributed by atoms with Gasteiger partial charge >= 0.3 is 12.1 Å². The summed E-state index contributed by atoms with van der Waals surface area (Å²) in [5, 5.41) is 5.04. The van der Waals surface area contributed by atoms with Crippen LogP contribution in [-0.2, 0) is 19.1 Å². The van der Waals surface area contributed by atoms with E-state index < -0.39 is 29.1 Å². The Kier molecular flexibility index (Phi) is 5.57. The Morgan fingerprint density at radius 3 is 2.19 bits per heavy atom. The lowest BCUT2D eigenvalue weighted by Gasteiger charge is -2.27. The van der Waals surface area contributed by atoms with Crippen LogP contribution in [0.1, 0.15) is 46.5 Å². The summed E-state index contributed by atoms with van der Waals surface area (Å²) in [6, 6.07) is 0. The third-order valence-electron chi connectivity index (χ3n) is 3.20. The van der Waals surface area contributed by atoms with Crippen molar-refractivity contribution in [1.29, 1.82) is 0 Å². The molecule has 0 saturated heterocycles. The lowest BCUT2D eigenvalue weighted by Crippen LogP contribution is -2.55. The van der Waals surface area contributed by atoms with Gasteiger partial charge in [-0.25, -0.2) is 9.59 Å². The van der Waals surface area contributed by atoms with Crippen molar-refractivity contribution in [2.75, 3.05) is 13.7 Å². The zero-order valence-corrected chi connectivity index (χ0v) is 13.1. The van der Waals surface area contributed by atoms with Crippen LogP contribution in [0.15, 0.2) is 0 Å². The molecular formula is C14H24N2O5. The molecule has 1 fully saturated rings. The Labute approximate surface area is 124 Å². The number of carbonyl (C=O) groups is 3. The summed E-state index contributed by atoms with van der Waals surface area (Å²) in [6.45, 7) is 4.96. The molecule has 0 aromatic carbocycles. The summed E-state index contributed by atoms with van der Waals surface area (Å²) in [7, 11) is 1.30. The smallest absolute Gasteiger partial charge is 0.408 e. The van der Waals surface area contributed by atoms with E-state index in [9.17, 15) is 14.4 Å². The molecule has 1 aliphatic rings. The Bertz CT molecular complexity index is 408. The van der Waals surface area contributed by atoms with Gasteiger partial charge in [0.15, 0.2) is 0 Å². The molecule has 0 aliphatic heterocycles. The van der Waals surface area contributed by atoms with Crippen LogP contribution in [0.25, 0.3) is 0 Å². The van der Waals surface area contributed by atoms with E-state index in [0.29, 0.717) is 12.8 Å². The predicted octanol–water partition coefficient (Wildman–Crippen LogP) is 1.11. The highest BCUT2D eigenvalue weighted by molar-refractivity contribution is 5.90. The van der Waals surface area contributed by atoms with Crippen LogP contribution in [0.4, 0.5) is 4.79 Å². The monoisotopic (exact) mass is 300 g/mol. The van der Waals surface area contributed by atoms with Gasteiger partial charge in [0.05, 0.1) is 7.11 Å². The first-order valence-corrected chi connectivity index (χ1v) is 7.05. The van der Waals surface area contributed by atoms with Crippen molar-refractivity contribution < 1.29 is 23.9 Å². The highest BCUT2D eigenvalue weighted by Gasteiger charge is 2.43. The van der Waals surface area contributed by atoms with Gasteiger partial charge in [-0.3, -0.25) is 4.79 Å². The standard InChI is InChI=1S/C14H24N2O5/c1-13(2,3)21-12(19)15-9-10(17)16-14(11(18)20-4)7-5-6-8-14/h5-9H2,1-4H3,(H,15,19)(H,16,17). The Morgan fingerprint density at radius 1 is 1.14 bits per heavy atom. The topological polar surface area (TPSA) is 93.7 Å². The molecular weight excluding hydrogens is 276 g/mol. The van der Waals surface area contributed by atoms with Crippen molar-refractivity contribution in [3.05, 3.63) is 0 Å². The van der Waals surface area contributed by atoms with Gasteiger partial charge in [0.25, 0.3) is 0 Å². The molecule has 1 saturated carbocycles. The molecule has 0 aromatic heterocycles. The normalized spacial score (nSPS) is 17.0. The number of carbonyl (C=O) groups excluding carboxylic acids is 3. The van der Waals surface area contributed by atoms with E-state index in [2.05, 4.69) is 10.6 Å². The zero-order valence-electron chi connectivity index (χ0n) is 13.1. The maximum atomic E-state index is 11.9. The molecule has 1 aliphatic carbocycles. The molecule has 2 N–H and O–H groups in total. The first-order valence-electron chi connectivity index (χ1n) is 7.05. The summed E-state index contributed by atoms with van der Waals surface area (Å²) < 4.78 is 9.79. The minimum atomic E-state index is -0.957. The summed E-state index contributed by atoms with van der Waals surface area (Å²) in [5.41, 5.74) is -1.58. The molecule has 21 heavy (non-hydrogen) atoms. The fraction of sp³-hybridized carbons (Fsp3) is 0.786. The van der Waals surface area contributed by atoms with Gasteiger partial charge in [0.1, 0.15) is 17.7 Å². The van der Waals surface area contributed by atoms with E-state index in [0.717, 1.165) is 12.8 Å². The first kappa shape index (κ1) is 17.3. The molecule has 0 radical (unpaired) electrons. The Balaban J connectivity index is 2.49. The average molecular weight is 300 g/mol. The van der Waals surface area contributed by atoms with Crippen LogP contribution in [0.2, 0.25) is 0 Å². The summed E-state index contributed by atoms with van der Waals surface area (Å²) in [5.74, 6) is -0.876. The number of esters is 1. The van der Waals surface area contributed by atoms with Crippen LogP contribution >= 0.6 is 0 Å². The lowest BCUT2D eigenvalue weighted by molar-refractivity contribution is -0.150. The largest absolute Gasteiger partial charge is 0.467 e. The van der Waals surface area contributed by atoms with Gasteiger partial charge in [-0.2, -0.15) is 0 Å². The number of hydrogen-bond donors (Lipinski definition) is 2. The van der Waals surface area contributed by atoms with Crippen LogP contribution in [-0.4, -0.2) is 42.8 Å². The maximum absolute atomic E-state index is 11.9. The van der Waals surface area contributed by atoms with Crippen LogP contribution in [0, 0.1) is 0 Å². The molecule has 0 spiro atoms. The van der Waals surface area contributed by atoms with Crippen molar-refractivity contribution in [1.82, 2.24) is 10.6 Å². The van der Waals surface area contributed by atoms with Gasteiger partial charge in [0.2, 0.25) is 5.91 Å². The molecule has 0 unspecified atom stereocenters. The van der Waals surface area contributed by atoms with E-state index in [1.807, 2.05) is 0 Å². The fourth-order valence-corrected chi connectivity index (χ4v) is 2.33. The van der Waals surface area contributed by atoms with Crippen molar-refractivity contribution >= 4 is 18.0 Å². The average Bonchev–Trinajstić information content (AvgIpc) is 2.83. The Hall–Kier alpha value is -1.79. The molecule has 0 bridgehead atoms. The van der Waals surface area contributed by atoms with Gasteiger partial charge in [-0.1, -0.05) is 12.8 Å². The van der Waals surface area contributed by atoms with Gasteiger partial charge in [-0.05, 0) is 33.6 Å². The number of hydrogen-bond acceptors (Lipinski definition) is 5.